The number of rotatable bonds is 8. The smallest absolute Gasteiger partial charge is 0.309 e. The summed E-state index contributed by atoms with van der Waals surface area (Å²) in [6, 6.07) is 15.5. The van der Waals surface area contributed by atoms with Crippen LogP contribution in [0.2, 0.25) is 5.02 Å². The Bertz CT molecular complexity index is 716. The normalized spacial score (nSPS) is 12.0. The fourth-order valence-electron chi connectivity index (χ4n) is 2.28. The summed E-state index contributed by atoms with van der Waals surface area (Å²) >= 11 is 6.14. The van der Waals surface area contributed by atoms with Gasteiger partial charge in [0.1, 0.15) is 0 Å². The van der Waals surface area contributed by atoms with E-state index in [1.165, 1.54) is 0 Å². The zero-order chi connectivity index (χ0) is 17.4. The highest BCUT2D eigenvalue weighted by molar-refractivity contribution is 7.53. The molecule has 0 amide bonds. The molecule has 0 atom stereocenters. The largest absolute Gasteiger partial charge is 0.335 e. The fraction of sp³-hybridized carbons (Fsp3) is 0.263. The SMILES string of the molecule is CCOP(=O)(Cc1ccc(/C=C/c2ccccc2Cl)cc1)OCC. The Labute approximate surface area is 148 Å². The molecule has 0 saturated heterocycles. The van der Waals surface area contributed by atoms with E-state index < -0.39 is 7.60 Å². The molecule has 0 aliphatic carbocycles. The monoisotopic (exact) mass is 364 g/mol. The molecule has 0 spiro atoms. The summed E-state index contributed by atoms with van der Waals surface area (Å²) in [6.07, 6.45) is 4.25. The Balaban J connectivity index is 2.07. The van der Waals surface area contributed by atoms with Crippen LogP contribution in [0.3, 0.4) is 0 Å². The summed E-state index contributed by atoms with van der Waals surface area (Å²) in [5, 5.41) is 0.722. The van der Waals surface area contributed by atoms with Crippen molar-refractivity contribution in [2.24, 2.45) is 0 Å². The molecule has 3 nitrogen and oxygen atoms in total. The van der Waals surface area contributed by atoms with Crippen molar-refractivity contribution >= 4 is 31.3 Å². The number of halogens is 1. The Morgan fingerprint density at radius 2 is 1.58 bits per heavy atom. The lowest BCUT2D eigenvalue weighted by atomic mass is 10.1. The standard InChI is InChI=1S/C19H22ClO3P/c1-3-22-24(21,23-4-2)15-17-11-9-16(10-12-17)13-14-18-7-5-6-8-19(18)20/h5-14H,3-4,15H2,1-2H3/b14-13+. The summed E-state index contributed by atoms with van der Waals surface area (Å²) in [6.45, 7) is 4.37. The first-order chi connectivity index (χ1) is 11.6. The van der Waals surface area contributed by atoms with Crippen molar-refractivity contribution in [2.75, 3.05) is 13.2 Å². The maximum Gasteiger partial charge on any atom is 0.335 e. The van der Waals surface area contributed by atoms with Gasteiger partial charge in [0.25, 0.3) is 0 Å². The number of hydrogen-bond donors (Lipinski definition) is 0. The summed E-state index contributed by atoms with van der Waals surface area (Å²) in [5.74, 6) is 0. The summed E-state index contributed by atoms with van der Waals surface area (Å²) in [5.41, 5.74) is 2.94. The van der Waals surface area contributed by atoms with Gasteiger partial charge in [0.2, 0.25) is 0 Å². The van der Waals surface area contributed by atoms with Crippen LogP contribution in [0.4, 0.5) is 0 Å². The van der Waals surface area contributed by atoms with Gasteiger partial charge in [-0.05, 0) is 36.6 Å². The summed E-state index contributed by atoms with van der Waals surface area (Å²) in [4.78, 5) is 0. The molecule has 0 radical (unpaired) electrons. The first-order valence-electron chi connectivity index (χ1n) is 7.96. The van der Waals surface area contributed by atoms with E-state index in [9.17, 15) is 4.57 Å². The molecule has 0 N–H and O–H groups in total. The topological polar surface area (TPSA) is 35.5 Å². The molecule has 0 saturated carbocycles. The molecule has 0 aliphatic rings. The van der Waals surface area contributed by atoms with Crippen LogP contribution >= 0.6 is 19.2 Å². The predicted molar refractivity (Wildman–Crippen MR) is 101 cm³/mol. The highest BCUT2D eigenvalue weighted by Gasteiger charge is 2.23. The Morgan fingerprint density at radius 1 is 0.958 bits per heavy atom. The van der Waals surface area contributed by atoms with Crippen LogP contribution in [-0.2, 0) is 19.8 Å². The van der Waals surface area contributed by atoms with E-state index >= 15 is 0 Å². The Hall–Kier alpha value is -1.38. The third kappa shape index (κ3) is 5.61. The van der Waals surface area contributed by atoms with Crippen molar-refractivity contribution in [3.05, 3.63) is 70.2 Å². The molecule has 0 heterocycles. The van der Waals surface area contributed by atoms with Gasteiger partial charge in [-0.25, -0.2) is 0 Å². The highest BCUT2D eigenvalue weighted by Crippen LogP contribution is 2.51. The fourth-order valence-corrected chi connectivity index (χ4v) is 4.18. The van der Waals surface area contributed by atoms with Gasteiger partial charge in [0.15, 0.2) is 0 Å². The molecule has 0 unspecified atom stereocenters. The molecular weight excluding hydrogens is 343 g/mol. The van der Waals surface area contributed by atoms with Gasteiger partial charge in [-0.15, -0.1) is 0 Å². The van der Waals surface area contributed by atoms with Gasteiger partial charge < -0.3 is 9.05 Å². The van der Waals surface area contributed by atoms with Crippen LogP contribution in [0.15, 0.2) is 48.5 Å². The molecular formula is C19H22ClO3P. The third-order valence-corrected chi connectivity index (χ3v) is 5.77. The van der Waals surface area contributed by atoms with Gasteiger partial charge >= 0.3 is 7.60 Å². The molecule has 0 aliphatic heterocycles. The van der Waals surface area contributed by atoms with E-state index in [0.717, 1.165) is 21.7 Å². The molecule has 2 aromatic carbocycles. The van der Waals surface area contributed by atoms with Crippen LogP contribution in [0, 0.1) is 0 Å². The first-order valence-corrected chi connectivity index (χ1v) is 10.1. The van der Waals surface area contributed by atoms with Gasteiger partial charge in [-0.3, -0.25) is 4.57 Å². The molecule has 0 aromatic heterocycles. The van der Waals surface area contributed by atoms with Crippen LogP contribution in [-0.4, -0.2) is 13.2 Å². The second kappa shape index (κ2) is 9.19. The number of hydrogen-bond acceptors (Lipinski definition) is 3. The van der Waals surface area contributed by atoms with Crippen molar-refractivity contribution in [3.63, 3.8) is 0 Å². The third-order valence-electron chi connectivity index (χ3n) is 3.37. The molecule has 2 rings (SSSR count). The van der Waals surface area contributed by atoms with Crippen molar-refractivity contribution in [2.45, 2.75) is 20.0 Å². The molecule has 0 fully saturated rings. The van der Waals surface area contributed by atoms with E-state index in [4.69, 9.17) is 20.6 Å². The zero-order valence-electron chi connectivity index (χ0n) is 13.9. The summed E-state index contributed by atoms with van der Waals surface area (Å²) < 4.78 is 23.2. The molecule has 0 bridgehead atoms. The van der Waals surface area contributed by atoms with Crippen molar-refractivity contribution in [3.8, 4) is 0 Å². The van der Waals surface area contributed by atoms with Gasteiger partial charge in [-0.2, -0.15) is 0 Å². The number of benzene rings is 2. The average molecular weight is 365 g/mol. The molecule has 128 valence electrons. The maximum atomic E-state index is 12.5. The van der Waals surface area contributed by atoms with Gasteiger partial charge in [-0.1, -0.05) is 66.2 Å². The molecule has 2 aromatic rings. The maximum absolute atomic E-state index is 12.5. The minimum atomic E-state index is -3.06. The van der Waals surface area contributed by atoms with Crippen molar-refractivity contribution < 1.29 is 13.6 Å². The lowest BCUT2D eigenvalue weighted by Crippen LogP contribution is -1.99. The second-order valence-corrected chi connectivity index (χ2v) is 7.66. The minimum absolute atomic E-state index is 0.281. The predicted octanol–water partition coefficient (Wildman–Crippen LogP) is 6.28. The van der Waals surface area contributed by atoms with Crippen LogP contribution in [0.5, 0.6) is 0 Å². The first kappa shape index (κ1) is 19.0. The van der Waals surface area contributed by atoms with E-state index in [1.54, 1.807) is 0 Å². The second-order valence-electron chi connectivity index (χ2n) is 5.20. The minimum Gasteiger partial charge on any atom is -0.309 e. The Kier molecular flexibility index (Phi) is 7.26. The van der Waals surface area contributed by atoms with Crippen molar-refractivity contribution in [1.82, 2.24) is 0 Å². The lowest BCUT2D eigenvalue weighted by Gasteiger charge is -2.16. The van der Waals surface area contributed by atoms with Crippen LogP contribution in [0.25, 0.3) is 12.2 Å². The quantitative estimate of drug-likeness (QED) is 0.408. The van der Waals surface area contributed by atoms with Gasteiger partial charge in [0.05, 0.1) is 19.4 Å². The van der Waals surface area contributed by atoms with E-state index in [0.29, 0.717) is 13.2 Å². The van der Waals surface area contributed by atoms with Crippen LogP contribution in [0.1, 0.15) is 30.5 Å². The average Bonchev–Trinajstić information content (AvgIpc) is 2.56. The summed E-state index contributed by atoms with van der Waals surface area (Å²) in [7, 11) is -3.06. The Morgan fingerprint density at radius 3 is 2.17 bits per heavy atom. The van der Waals surface area contributed by atoms with Crippen molar-refractivity contribution in [1.29, 1.82) is 0 Å². The van der Waals surface area contributed by atoms with E-state index in [-0.39, 0.29) is 6.16 Å². The molecule has 5 heteroatoms. The highest BCUT2D eigenvalue weighted by atomic mass is 35.5. The lowest BCUT2D eigenvalue weighted by molar-refractivity contribution is 0.219. The molecule has 24 heavy (non-hydrogen) atoms. The van der Waals surface area contributed by atoms with E-state index in [2.05, 4.69) is 0 Å². The zero-order valence-corrected chi connectivity index (χ0v) is 15.6. The van der Waals surface area contributed by atoms with Gasteiger partial charge in [0, 0.05) is 5.02 Å². The van der Waals surface area contributed by atoms with Crippen LogP contribution < -0.4 is 0 Å². The van der Waals surface area contributed by atoms with E-state index in [1.807, 2.05) is 74.5 Å².